The number of anilines is 1. The van der Waals surface area contributed by atoms with E-state index >= 15 is 0 Å². The van der Waals surface area contributed by atoms with E-state index < -0.39 is 0 Å². The number of nitrogens with one attached hydrogen (secondary N) is 1. The van der Waals surface area contributed by atoms with E-state index in [1.165, 1.54) is 0 Å². The summed E-state index contributed by atoms with van der Waals surface area (Å²) >= 11 is 0. The van der Waals surface area contributed by atoms with Crippen molar-refractivity contribution in [2.24, 2.45) is 5.92 Å². The van der Waals surface area contributed by atoms with E-state index in [0.29, 0.717) is 26.3 Å². The smallest absolute Gasteiger partial charge is 0.241 e. The average Bonchev–Trinajstić information content (AvgIpc) is 2.74. The molecule has 2 saturated heterocycles. The molecule has 2 aliphatic heterocycles. The predicted molar refractivity (Wildman–Crippen MR) is 103 cm³/mol. The maximum atomic E-state index is 12.6. The van der Waals surface area contributed by atoms with E-state index in [-0.39, 0.29) is 23.8 Å². The van der Waals surface area contributed by atoms with Gasteiger partial charge in [0.2, 0.25) is 11.8 Å². The zero-order valence-electron chi connectivity index (χ0n) is 16.1. The van der Waals surface area contributed by atoms with Crippen LogP contribution in [-0.4, -0.2) is 74.2 Å². The van der Waals surface area contributed by atoms with Crippen LogP contribution in [0.2, 0.25) is 0 Å². The molecule has 1 aromatic carbocycles. The summed E-state index contributed by atoms with van der Waals surface area (Å²) < 4.78 is 10.5. The first-order valence-electron chi connectivity index (χ1n) is 9.64. The molecule has 2 heterocycles. The number of rotatable bonds is 5. The third-order valence-corrected chi connectivity index (χ3v) is 5.49. The van der Waals surface area contributed by atoms with Crippen LogP contribution in [0.5, 0.6) is 5.75 Å². The minimum Gasteiger partial charge on any atom is -0.497 e. The topological polar surface area (TPSA) is 71.1 Å². The highest BCUT2D eigenvalue weighted by molar-refractivity contribution is 5.94. The Morgan fingerprint density at radius 3 is 2.33 bits per heavy atom. The number of morpholine rings is 1. The van der Waals surface area contributed by atoms with Gasteiger partial charge < -0.3 is 19.7 Å². The van der Waals surface area contributed by atoms with Gasteiger partial charge in [0.1, 0.15) is 5.75 Å². The highest BCUT2D eigenvalue weighted by atomic mass is 16.5. The second kappa shape index (κ2) is 9.19. The van der Waals surface area contributed by atoms with E-state index in [0.717, 1.165) is 37.4 Å². The van der Waals surface area contributed by atoms with Gasteiger partial charge in [-0.25, -0.2) is 0 Å². The zero-order valence-corrected chi connectivity index (χ0v) is 16.1. The molecule has 27 heavy (non-hydrogen) atoms. The van der Waals surface area contributed by atoms with Gasteiger partial charge in [-0.2, -0.15) is 0 Å². The number of amides is 2. The predicted octanol–water partition coefficient (Wildman–Crippen LogP) is 1.59. The maximum Gasteiger partial charge on any atom is 0.241 e. The molecule has 1 aromatic rings. The SMILES string of the molecule is COc1ccc(NC(=O)C(C)N2CCC(C(=O)N3CCOCC3)CC2)cc1. The highest BCUT2D eigenvalue weighted by Gasteiger charge is 2.32. The van der Waals surface area contributed by atoms with Crippen molar-refractivity contribution in [3.05, 3.63) is 24.3 Å². The maximum absolute atomic E-state index is 12.6. The van der Waals surface area contributed by atoms with Crippen molar-refractivity contribution in [2.45, 2.75) is 25.8 Å². The first kappa shape index (κ1) is 19.6. The molecule has 3 rings (SSSR count). The minimum absolute atomic E-state index is 0.0295. The largest absolute Gasteiger partial charge is 0.497 e. The van der Waals surface area contributed by atoms with E-state index in [2.05, 4.69) is 10.2 Å². The second-order valence-electron chi connectivity index (χ2n) is 7.14. The molecule has 7 heteroatoms. The van der Waals surface area contributed by atoms with Gasteiger partial charge in [0, 0.05) is 24.7 Å². The summed E-state index contributed by atoms with van der Waals surface area (Å²) in [7, 11) is 1.61. The Hall–Kier alpha value is -2.12. The van der Waals surface area contributed by atoms with Crippen LogP contribution in [0.1, 0.15) is 19.8 Å². The third-order valence-electron chi connectivity index (χ3n) is 5.49. The van der Waals surface area contributed by atoms with E-state index in [4.69, 9.17) is 9.47 Å². The van der Waals surface area contributed by atoms with Crippen molar-refractivity contribution in [1.82, 2.24) is 9.80 Å². The summed E-state index contributed by atoms with van der Waals surface area (Å²) in [6, 6.07) is 7.07. The molecule has 0 saturated carbocycles. The number of hydrogen-bond donors (Lipinski definition) is 1. The Bertz CT molecular complexity index is 635. The number of benzene rings is 1. The molecule has 0 bridgehead atoms. The molecule has 1 unspecified atom stereocenters. The van der Waals surface area contributed by atoms with Crippen LogP contribution in [0, 0.1) is 5.92 Å². The molecule has 2 fully saturated rings. The van der Waals surface area contributed by atoms with Crippen molar-refractivity contribution >= 4 is 17.5 Å². The number of piperidine rings is 1. The molecule has 0 aromatic heterocycles. The fourth-order valence-electron chi connectivity index (χ4n) is 3.66. The van der Waals surface area contributed by atoms with Gasteiger partial charge in [-0.15, -0.1) is 0 Å². The summed E-state index contributed by atoms with van der Waals surface area (Å²) in [5.41, 5.74) is 0.755. The van der Waals surface area contributed by atoms with Gasteiger partial charge in [0.05, 0.1) is 26.4 Å². The summed E-state index contributed by atoms with van der Waals surface area (Å²) in [5.74, 6) is 1.04. The third kappa shape index (κ3) is 4.99. The fraction of sp³-hybridized carbons (Fsp3) is 0.600. The molecule has 2 aliphatic rings. The molecule has 1 atom stereocenters. The van der Waals surface area contributed by atoms with Crippen LogP contribution >= 0.6 is 0 Å². The first-order valence-corrected chi connectivity index (χ1v) is 9.64. The lowest BCUT2D eigenvalue weighted by Gasteiger charge is -2.37. The lowest BCUT2D eigenvalue weighted by atomic mass is 9.94. The number of carbonyl (C=O) groups is 2. The van der Waals surface area contributed by atoms with Gasteiger partial charge in [-0.3, -0.25) is 14.5 Å². The Labute approximate surface area is 160 Å². The molecule has 0 aliphatic carbocycles. The normalized spacial score (nSPS) is 20.1. The zero-order chi connectivity index (χ0) is 19.2. The molecule has 7 nitrogen and oxygen atoms in total. The van der Waals surface area contributed by atoms with Gasteiger partial charge in [0.25, 0.3) is 0 Å². The Kier molecular flexibility index (Phi) is 6.68. The van der Waals surface area contributed by atoms with Crippen molar-refractivity contribution in [3.63, 3.8) is 0 Å². The van der Waals surface area contributed by atoms with Gasteiger partial charge >= 0.3 is 0 Å². The number of likely N-dealkylation sites (tertiary alicyclic amines) is 1. The van der Waals surface area contributed by atoms with Crippen molar-refractivity contribution in [2.75, 3.05) is 51.8 Å². The minimum atomic E-state index is -0.230. The van der Waals surface area contributed by atoms with E-state index in [9.17, 15) is 9.59 Å². The number of methoxy groups -OCH3 is 1. The quantitative estimate of drug-likeness (QED) is 0.846. The molecule has 2 amide bonds. The standard InChI is InChI=1S/C20H29N3O4/c1-15(19(24)21-17-3-5-18(26-2)6-4-17)22-9-7-16(8-10-22)20(25)23-11-13-27-14-12-23/h3-6,15-16H,7-14H2,1-2H3,(H,21,24). The molecule has 148 valence electrons. The van der Waals surface area contributed by atoms with Crippen LogP contribution in [-0.2, 0) is 14.3 Å². The highest BCUT2D eigenvalue weighted by Crippen LogP contribution is 2.22. The van der Waals surface area contributed by atoms with Gasteiger partial charge in [-0.05, 0) is 57.1 Å². The fourth-order valence-corrected chi connectivity index (χ4v) is 3.66. The summed E-state index contributed by atoms with van der Waals surface area (Å²) in [6.45, 7) is 6.10. The van der Waals surface area contributed by atoms with Gasteiger partial charge in [-0.1, -0.05) is 0 Å². The van der Waals surface area contributed by atoms with Crippen molar-refractivity contribution in [3.8, 4) is 5.75 Å². The van der Waals surface area contributed by atoms with Gasteiger partial charge in [0.15, 0.2) is 0 Å². The molecule has 0 spiro atoms. The van der Waals surface area contributed by atoms with Crippen LogP contribution < -0.4 is 10.1 Å². The monoisotopic (exact) mass is 375 g/mol. The lowest BCUT2D eigenvalue weighted by molar-refractivity contribution is -0.141. The van der Waals surface area contributed by atoms with E-state index in [1.807, 2.05) is 36.1 Å². The summed E-state index contributed by atoms with van der Waals surface area (Å²) in [4.78, 5) is 29.3. The Morgan fingerprint density at radius 1 is 1.11 bits per heavy atom. The van der Waals surface area contributed by atoms with Crippen LogP contribution in [0.4, 0.5) is 5.69 Å². The lowest BCUT2D eigenvalue weighted by Crippen LogP contribution is -2.50. The van der Waals surface area contributed by atoms with Crippen LogP contribution in [0.3, 0.4) is 0 Å². The number of nitrogens with zero attached hydrogens (tertiary/aromatic N) is 2. The first-order chi connectivity index (χ1) is 13.1. The molecule has 0 radical (unpaired) electrons. The Balaban J connectivity index is 1.47. The molecule has 1 N–H and O–H groups in total. The van der Waals surface area contributed by atoms with Crippen molar-refractivity contribution in [1.29, 1.82) is 0 Å². The number of carbonyl (C=O) groups excluding carboxylic acids is 2. The Morgan fingerprint density at radius 2 is 1.74 bits per heavy atom. The van der Waals surface area contributed by atoms with E-state index in [1.54, 1.807) is 7.11 Å². The van der Waals surface area contributed by atoms with Crippen LogP contribution in [0.15, 0.2) is 24.3 Å². The molecular formula is C20H29N3O4. The van der Waals surface area contributed by atoms with Crippen LogP contribution in [0.25, 0.3) is 0 Å². The summed E-state index contributed by atoms with van der Waals surface area (Å²) in [6.07, 6.45) is 1.60. The average molecular weight is 375 g/mol. The second-order valence-corrected chi connectivity index (χ2v) is 7.14. The number of hydrogen-bond acceptors (Lipinski definition) is 5. The number of ether oxygens (including phenoxy) is 2. The molecular weight excluding hydrogens is 346 g/mol. The summed E-state index contributed by atoms with van der Waals surface area (Å²) in [5, 5.41) is 2.95. The van der Waals surface area contributed by atoms with Crippen molar-refractivity contribution < 1.29 is 19.1 Å².